The first kappa shape index (κ1) is 26.1. The Labute approximate surface area is 216 Å². The fraction of sp³-hybridized carbons (Fsp3) is 0.517. The number of hydrogen-bond acceptors (Lipinski definition) is 4. The summed E-state index contributed by atoms with van der Waals surface area (Å²) in [4.78, 5) is 8.27. The molecule has 6 rings (SSSR count). The van der Waals surface area contributed by atoms with E-state index in [4.69, 9.17) is 9.47 Å². The lowest BCUT2D eigenvalue weighted by Gasteiger charge is -2.45. The number of halogens is 3. The lowest BCUT2D eigenvalue weighted by Crippen LogP contribution is -2.52. The van der Waals surface area contributed by atoms with Crippen molar-refractivity contribution in [3.63, 3.8) is 0 Å². The Morgan fingerprint density at radius 2 is 1.84 bits per heavy atom. The Morgan fingerprint density at radius 3 is 2.51 bits per heavy atom. The molecule has 0 aliphatic carbocycles. The molecule has 0 radical (unpaired) electrons. The molecule has 200 valence electrons. The summed E-state index contributed by atoms with van der Waals surface area (Å²) in [5.74, 6) is -0.977. The Bertz CT molecular complexity index is 1190. The maximum atomic E-state index is 12.8. The summed E-state index contributed by atoms with van der Waals surface area (Å²) >= 11 is 0. The molecule has 1 atom stereocenters. The molecule has 2 aromatic carbocycles. The maximum Gasteiger partial charge on any atom is 0.129 e. The van der Waals surface area contributed by atoms with E-state index in [1.807, 2.05) is 4.90 Å². The van der Waals surface area contributed by atoms with Crippen molar-refractivity contribution < 1.29 is 22.6 Å². The zero-order valence-electron chi connectivity index (χ0n) is 21.6. The average Bonchev–Trinajstić information content (AvgIpc) is 3.17. The topological polar surface area (TPSA) is 40.7 Å². The van der Waals surface area contributed by atoms with Crippen LogP contribution >= 0.6 is 0 Å². The third-order valence-electron chi connectivity index (χ3n) is 7.64. The summed E-state index contributed by atoms with van der Waals surface area (Å²) < 4.78 is 48.4. The van der Waals surface area contributed by atoms with Crippen molar-refractivity contribution in [1.29, 1.82) is 0 Å². The number of aromatic amines is 1. The second-order valence-corrected chi connectivity index (χ2v) is 11.1. The summed E-state index contributed by atoms with van der Waals surface area (Å²) in [5, 5.41) is 1.41. The van der Waals surface area contributed by atoms with Crippen LogP contribution in [-0.4, -0.2) is 73.5 Å². The van der Waals surface area contributed by atoms with Gasteiger partial charge in [-0.3, -0.25) is 14.2 Å². The van der Waals surface area contributed by atoms with Crippen molar-refractivity contribution in [3.05, 3.63) is 65.4 Å². The van der Waals surface area contributed by atoms with Gasteiger partial charge >= 0.3 is 0 Å². The van der Waals surface area contributed by atoms with Crippen molar-refractivity contribution in [2.75, 3.05) is 52.7 Å². The van der Waals surface area contributed by atoms with Crippen LogP contribution in [0.4, 0.5) is 13.2 Å². The van der Waals surface area contributed by atoms with Gasteiger partial charge in [0.15, 0.2) is 0 Å². The van der Waals surface area contributed by atoms with Crippen molar-refractivity contribution >= 4 is 10.9 Å². The van der Waals surface area contributed by atoms with Crippen molar-refractivity contribution in [2.24, 2.45) is 11.3 Å². The Balaban J connectivity index is 0.000000154. The monoisotopic (exact) mass is 515 g/mol. The molecule has 8 heteroatoms. The van der Waals surface area contributed by atoms with Crippen molar-refractivity contribution in [1.82, 2.24) is 14.8 Å². The molecule has 1 aromatic heterocycles. The van der Waals surface area contributed by atoms with E-state index >= 15 is 0 Å². The molecular formula is C29H36F3N3O2. The molecule has 37 heavy (non-hydrogen) atoms. The SMILES string of the molecule is CC1Cc2c([nH]c3ccccc23)CN1CC1(C)COC1.FCC1CN(CCOc2cc(F)cc(F)c2)C1. The zero-order chi connectivity index (χ0) is 26.0. The third kappa shape index (κ3) is 6.13. The van der Waals surface area contributed by atoms with Gasteiger partial charge in [0.05, 0.1) is 19.9 Å². The molecule has 1 unspecified atom stereocenters. The summed E-state index contributed by atoms with van der Waals surface area (Å²) in [6.45, 7) is 10.9. The summed E-state index contributed by atoms with van der Waals surface area (Å²) in [7, 11) is 0. The largest absolute Gasteiger partial charge is 0.492 e. The fourth-order valence-electron chi connectivity index (χ4n) is 5.51. The van der Waals surface area contributed by atoms with Gasteiger partial charge in [-0.25, -0.2) is 8.78 Å². The summed E-state index contributed by atoms with van der Waals surface area (Å²) in [5.41, 5.74) is 4.58. The highest BCUT2D eigenvalue weighted by molar-refractivity contribution is 5.84. The average molecular weight is 516 g/mol. The first-order chi connectivity index (χ1) is 17.8. The van der Waals surface area contributed by atoms with Gasteiger partial charge in [-0.05, 0) is 25.0 Å². The van der Waals surface area contributed by atoms with Crippen LogP contribution < -0.4 is 4.74 Å². The van der Waals surface area contributed by atoms with Crippen LogP contribution in [0, 0.1) is 23.0 Å². The first-order valence-electron chi connectivity index (χ1n) is 13.1. The predicted octanol–water partition coefficient (Wildman–Crippen LogP) is 5.20. The zero-order valence-corrected chi connectivity index (χ0v) is 21.6. The number of likely N-dealkylation sites (tertiary alicyclic amines) is 1. The molecule has 2 saturated heterocycles. The number of hydrogen-bond donors (Lipinski definition) is 1. The molecule has 2 fully saturated rings. The van der Waals surface area contributed by atoms with Gasteiger partial charge in [0.25, 0.3) is 0 Å². The van der Waals surface area contributed by atoms with Crippen LogP contribution in [0.15, 0.2) is 42.5 Å². The first-order valence-corrected chi connectivity index (χ1v) is 13.1. The highest BCUT2D eigenvalue weighted by Crippen LogP contribution is 2.34. The Hall–Kier alpha value is -2.55. The molecule has 1 N–H and O–H groups in total. The molecule has 0 bridgehead atoms. The second-order valence-electron chi connectivity index (χ2n) is 11.1. The lowest BCUT2D eigenvalue weighted by atomic mass is 9.86. The van der Waals surface area contributed by atoms with Gasteiger partial charge in [-0.1, -0.05) is 25.1 Å². The second kappa shape index (κ2) is 11.1. The molecular weight excluding hydrogens is 479 g/mol. The highest BCUT2D eigenvalue weighted by Gasteiger charge is 2.38. The van der Waals surface area contributed by atoms with E-state index in [-0.39, 0.29) is 18.3 Å². The van der Waals surface area contributed by atoms with E-state index < -0.39 is 11.6 Å². The third-order valence-corrected chi connectivity index (χ3v) is 7.64. The van der Waals surface area contributed by atoms with Crippen molar-refractivity contribution in [3.8, 4) is 5.75 Å². The molecule has 0 saturated carbocycles. The van der Waals surface area contributed by atoms with Gasteiger partial charge in [0.1, 0.15) is 24.0 Å². The maximum absolute atomic E-state index is 12.8. The Kier molecular flexibility index (Phi) is 7.79. The van der Waals surface area contributed by atoms with Crippen LogP contribution in [-0.2, 0) is 17.7 Å². The van der Waals surface area contributed by atoms with Gasteiger partial charge in [-0.2, -0.15) is 0 Å². The molecule has 4 heterocycles. The van der Waals surface area contributed by atoms with Gasteiger partial charge in [0, 0.05) is 84.9 Å². The van der Waals surface area contributed by atoms with E-state index in [1.165, 1.54) is 22.2 Å². The summed E-state index contributed by atoms with van der Waals surface area (Å²) in [6.07, 6.45) is 1.15. The molecule has 3 aliphatic rings. The number of fused-ring (bicyclic) bond motifs is 3. The number of alkyl halides is 1. The number of aromatic nitrogens is 1. The number of H-pyrrole nitrogens is 1. The standard InChI is InChI=1S/C17H22N2O.C12H14F3NO/c1-12-7-14-13-5-3-4-6-15(13)18-16(14)8-19(12)9-17(2)10-20-11-17;13-6-9-7-16(8-9)1-2-17-12-4-10(14)3-11(15)5-12/h3-6,12,18H,7-11H2,1-2H3;3-5,9H,1-2,6-8H2. The normalized spacial score (nSPS) is 21.5. The van der Waals surface area contributed by atoms with Crippen LogP contribution in [0.3, 0.4) is 0 Å². The minimum Gasteiger partial charge on any atom is -0.492 e. The van der Waals surface area contributed by atoms with E-state index in [2.05, 4.69) is 48.0 Å². The number of benzene rings is 2. The van der Waals surface area contributed by atoms with E-state index in [0.717, 1.165) is 64.0 Å². The summed E-state index contributed by atoms with van der Waals surface area (Å²) in [6, 6.07) is 12.4. The van der Waals surface area contributed by atoms with Crippen LogP contribution in [0.2, 0.25) is 0 Å². The number of ether oxygens (including phenoxy) is 2. The van der Waals surface area contributed by atoms with E-state index in [1.54, 1.807) is 0 Å². The smallest absolute Gasteiger partial charge is 0.129 e. The number of nitrogens with zero attached hydrogens (tertiary/aromatic N) is 2. The molecule has 0 spiro atoms. The highest BCUT2D eigenvalue weighted by atomic mass is 19.1. The quantitative estimate of drug-likeness (QED) is 0.470. The van der Waals surface area contributed by atoms with Crippen LogP contribution in [0.1, 0.15) is 25.1 Å². The number of nitrogens with one attached hydrogen (secondary N) is 1. The molecule has 0 amide bonds. The minimum absolute atomic E-state index is 0.140. The number of rotatable bonds is 7. The predicted molar refractivity (Wildman–Crippen MR) is 139 cm³/mol. The fourth-order valence-corrected chi connectivity index (χ4v) is 5.51. The van der Waals surface area contributed by atoms with Crippen LogP contribution in [0.5, 0.6) is 5.75 Å². The van der Waals surface area contributed by atoms with E-state index in [0.29, 0.717) is 24.6 Å². The lowest BCUT2D eigenvalue weighted by molar-refractivity contribution is -0.120. The van der Waals surface area contributed by atoms with Crippen LogP contribution in [0.25, 0.3) is 10.9 Å². The minimum atomic E-state index is -0.651. The van der Waals surface area contributed by atoms with E-state index in [9.17, 15) is 13.2 Å². The Morgan fingerprint density at radius 1 is 1.11 bits per heavy atom. The number of para-hydroxylation sites is 1. The van der Waals surface area contributed by atoms with Gasteiger partial charge in [0.2, 0.25) is 0 Å². The van der Waals surface area contributed by atoms with Crippen molar-refractivity contribution in [2.45, 2.75) is 32.9 Å². The molecule has 3 aliphatic heterocycles. The van der Waals surface area contributed by atoms with Gasteiger partial charge < -0.3 is 14.5 Å². The van der Waals surface area contributed by atoms with Gasteiger partial charge in [-0.15, -0.1) is 0 Å². The molecule has 5 nitrogen and oxygen atoms in total. The molecule has 3 aromatic rings.